The average Bonchev–Trinajstić information content (AvgIpc) is 2.88. The second kappa shape index (κ2) is 8.79. The molecule has 0 saturated heterocycles. The molecule has 0 heterocycles. The van der Waals surface area contributed by atoms with Gasteiger partial charge in [0.2, 0.25) is 0 Å². The first-order valence-electron chi connectivity index (χ1n) is 11.1. The second-order valence-electron chi connectivity index (χ2n) is 7.87. The number of rotatable bonds is 5. The van der Waals surface area contributed by atoms with E-state index in [-0.39, 0.29) is 5.97 Å². The first-order valence-corrected chi connectivity index (χ1v) is 11.1. The first-order chi connectivity index (χ1) is 16.2. The number of carbonyl (C=O) groups is 1. The smallest absolute Gasteiger partial charge is 0.338 e. The van der Waals surface area contributed by atoms with E-state index in [0.29, 0.717) is 12.2 Å². The summed E-state index contributed by atoms with van der Waals surface area (Å²) in [4.78, 5) is 12.5. The molecule has 162 valence electrons. The van der Waals surface area contributed by atoms with Gasteiger partial charge >= 0.3 is 5.97 Å². The Bertz CT molecular complexity index is 1450. The van der Waals surface area contributed by atoms with E-state index in [1.807, 2.05) is 43.3 Å². The SMILES string of the molecule is CCOC(=O)c1ccc2c(-c3ccccc3)c(-c3ccccc3)c3cc(OC)ccc3c2c1. The summed E-state index contributed by atoms with van der Waals surface area (Å²) in [7, 11) is 1.68. The van der Waals surface area contributed by atoms with Crippen LogP contribution in [-0.2, 0) is 4.74 Å². The van der Waals surface area contributed by atoms with Gasteiger partial charge in [-0.1, -0.05) is 72.8 Å². The Morgan fingerprint density at radius 2 is 1.27 bits per heavy atom. The lowest BCUT2D eigenvalue weighted by Gasteiger charge is -2.19. The van der Waals surface area contributed by atoms with Gasteiger partial charge in [0.05, 0.1) is 19.3 Å². The third-order valence-electron chi connectivity index (χ3n) is 5.96. The van der Waals surface area contributed by atoms with Crippen molar-refractivity contribution in [1.29, 1.82) is 0 Å². The highest BCUT2D eigenvalue weighted by molar-refractivity contribution is 6.22. The molecule has 0 N–H and O–H groups in total. The standard InChI is InChI=1S/C30H24O3/c1-3-33-30(31)22-14-16-25-26(18-22)24-17-15-23(32-2)19-27(24)29(21-12-8-5-9-13-21)28(25)20-10-6-4-7-11-20/h4-19H,3H2,1-2H3. The topological polar surface area (TPSA) is 35.5 Å². The van der Waals surface area contributed by atoms with Crippen LogP contribution in [0.3, 0.4) is 0 Å². The van der Waals surface area contributed by atoms with Crippen LogP contribution in [0.2, 0.25) is 0 Å². The number of hydrogen-bond acceptors (Lipinski definition) is 3. The van der Waals surface area contributed by atoms with Crippen molar-refractivity contribution in [3.05, 3.63) is 103 Å². The largest absolute Gasteiger partial charge is 0.497 e. The van der Waals surface area contributed by atoms with Gasteiger partial charge in [0.25, 0.3) is 0 Å². The Balaban J connectivity index is 1.97. The molecule has 0 spiro atoms. The van der Waals surface area contributed by atoms with Crippen LogP contribution in [0.1, 0.15) is 17.3 Å². The Morgan fingerprint density at radius 3 is 1.88 bits per heavy atom. The molecule has 0 amide bonds. The van der Waals surface area contributed by atoms with Gasteiger partial charge < -0.3 is 9.47 Å². The molecular formula is C30H24O3. The van der Waals surface area contributed by atoms with Gasteiger partial charge in [-0.3, -0.25) is 0 Å². The molecule has 0 unspecified atom stereocenters. The Labute approximate surface area is 193 Å². The third-order valence-corrected chi connectivity index (χ3v) is 5.96. The predicted molar refractivity (Wildman–Crippen MR) is 135 cm³/mol. The molecule has 0 aliphatic heterocycles. The Kier molecular flexibility index (Phi) is 5.54. The highest BCUT2D eigenvalue weighted by atomic mass is 16.5. The van der Waals surface area contributed by atoms with Crippen molar-refractivity contribution in [3.63, 3.8) is 0 Å². The maximum Gasteiger partial charge on any atom is 0.338 e. The minimum atomic E-state index is -0.311. The van der Waals surface area contributed by atoms with Crippen molar-refractivity contribution in [1.82, 2.24) is 0 Å². The monoisotopic (exact) mass is 432 g/mol. The second-order valence-corrected chi connectivity index (χ2v) is 7.87. The molecule has 0 aromatic heterocycles. The van der Waals surface area contributed by atoms with Gasteiger partial charge in [0, 0.05) is 0 Å². The molecule has 3 heteroatoms. The fourth-order valence-corrected chi connectivity index (χ4v) is 4.50. The van der Waals surface area contributed by atoms with Gasteiger partial charge in [-0.05, 0) is 75.0 Å². The number of esters is 1. The van der Waals surface area contributed by atoms with Crippen LogP contribution in [0.4, 0.5) is 0 Å². The number of methoxy groups -OCH3 is 1. The molecule has 0 aliphatic rings. The van der Waals surface area contributed by atoms with E-state index in [0.717, 1.165) is 49.5 Å². The summed E-state index contributed by atoms with van der Waals surface area (Å²) < 4.78 is 10.9. The van der Waals surface area contributed by atoms with E-state index in [1.165, 1.54) is 0 Å². The molecule has 0 atom stereocenters. The van der Waals surface area contributed by atoms with Gasteiger partial charge in [0.15, 0.2) is 0 Å². The summed E-state index contributed by atoms with van der Waals surface area (Å²) in [5.41, 5.74) is 5.08. The third kappa shape index (κ3) is 3.72. The summed E-state index contributed by atoms with van der Waals surface area (Å²) in [5.74, 6) is 0.481. The average molecular weight is 433 g/mol. The highest BCUT2D eigenvalue weighted by Gasteiger charge is 2.19. The summed E-state index contributed by atoms with van der Waals surface area (Å²) >= 11 is 0. The van der Waals surface area contributed by atoms with E-state index in [4.69, 9.17) is 9.47 Å². The van der Waals surface area contributed by atoms with Gasteiger partial charge in [-0.25, -0.2) is 4.79 Å². The van der Waals surface area contributed by atoms with Crippen LogP contribution in [0.25, 0.3) is 43.8 Å². The summed E-state index contributed by atoms with van der Waals surface area (Å²) in [6.45, 7) is 2.16. The van der Waals surface area contributed by atoms with Crippen LogP contribution in [-0.4, -0.2) is 19.7 Å². The molecule has 0 radical (unpaired) electrons. The van der Waals surface area contributed by atoms with Crippen LogP contribution >= 0.6 is 0 Å². The van der Waals surface area contributed by atoms with Crippen molar-refractivity contribution in [3.8, 4) is 28.0 Å². The van der Waals surface area contributed by atoms with Crippen molar-refractivity contribution in [2.24, 2.45) is 0 Å². The molecule has 0 saturated carbocycles. The number of carbonyl (C=O) groups excluding carboxylic acids is 1. The zero-order valence-electron chi connectivity index (χ0n) is 18.7. The fraction of sp³-hybridized carbons (Fsp3) is 0.100. The molecule has 3 nitrogen and oxygen atoms in total. The van der Waals surface area contributed by atoms with Crippen LogP contribution in [0, 0.1) is 0 Å². The molecule has 0 bridgehead atoms. The van der Waals surface area contributed by atoms with Crippen LogP contribution < -0.4 is 4.74 Å². The van der Waals surface area contributed by atoms with Crippen molar-refractivity contribution in [2.75, 3.05) is 13.7 Å². The van der Waals surface area contributed by atoms with Crippen molar-refractivity contribution < 1.29 is 14.3 Å². The van der Waals surface area contributed by atoms with Crippen LogP contribution in [0.5, 0.6) is 5.75 Å². The Morgan fingerprint density at radius 1 is 0.667 bits per heavy atom. The van der Waals surface area contributed by atoms with Crippen molar-refractivity contribution in [2.45, 2.75) is 6.92 Å². The zero-order chi connectivity index (χ0) is 22.8. The number of hydrogen-bond donors (Lipinski definition) is 0. The van der Waals surface area contributed by atoms with Gasteiger partial charge in [-0.2, -0.15) is 0 Å². The molecule has 33 heavy (non-hydrogen) atoms. The van der Waals surface area contributed by atoms with Gasteiger partial charge in [-0.15, -0.1) is 0 Å². The predicted octanol–water partition coefficient (Wildman–Crippen LogP) is 7.51. The summed E-state index contributed by atoms with van der Waals surface area (Å²) in [6.07, 6.45) is 0. The van der Waals surface area contributed by atoms with E-state index >= 15 is 0 Å². The Hall–Kier alpha value is -4.11. The van der Waals surface area contributed by atoms with E-state index in [9.17, 15) is 4.79 Å². The number of ether oxygens (including phenoxy) is 2. The van der Waals surface area contributed by atoms with Crippen LogP contribution in [0.15, 0.2) is 97.1 Å². The molecule has 0 aliphatic carbocycles. The normalized spacial score (nSPS) is 11.0. The summed E-state index contributed by atoms with van der Waals surface area (Å²) in [5, 5.41) is 4.24. The maximum absolute atomic E-state index is 12.5. The molecule has 5 aromatic carbocycles. The molecule has 5 aromatic rings. The minimum absolute atomic E-state index is 0.311. The van der Waals surface area contributed by atoms with E-state index in [1.54, 1.807) is 7.11 Å². The number of benzene rings is 5. The summed E-state index contributed by atoms with van der Waals surface area (Å²) in [6, 6.07) is 32.8. The van der Waals surface area contributed by atoms with Gasteiger partial charge in [0.1, 0.15) is 5.75 Å². The van der Waals surface area contributed by atoms with E-state index < -0.39 is 0 Å². The first kappa shape index (κ1) is 20.8. The minimum Gasteiger partial charge on any atom is -0.497 e. The number of fused-ring (bicyclic) bond motifs is 3. The molecular weight excluding hydrogens is 408 g/mol. The molecule has 0 fully saturated rings. The zero-order valence-corrected chi connectivity index (χ0v) is 18.7. The lowest BCUT2D eigenvalue weighted by Crippen LogP contribution is -2.04. The molecule has 5 rings (SSSR count). The van der Waals surface area contributed by atoms with Crippen molar-refractivity contribution >= 4 is 27.5 Å². The van der Waals surface area contributed by atoms with E-state index in [2.05, 4.69) is 60.7 Å². The quantitative estimate of drug-likeness (QED) is 0.213. The fourth-order valence-electron chi connectivity index (χ4n) is 4.50. The maximum atomic E-state index is 12.5. The highest BCUT2D eigenvalue weighted by Crippen LogP contribution is 2.45. The lowest BCUT2D eigenvalue weighted by molar-refractivity contribution is 0.0526. The lowest BCUT2D eigenvalue weighted by atomic mass is 9.84.